The minimum absolute atomic E-state index is 0.0769. The van der Waals surface area contributed by atoms with Gasteiger partial charge in [-0.2, -0.15) is 0 Å². The van der Waals surface area contributed by atoms with Gasteiger partial charge in [0.25, 0.3) is 0 Å². The van der Waals surface area contributed by atoms with Gasteiger partial charge in [-0.15, -0.1) is 12.6 Å². The van der Waals surface area contributed by atoms with Crippen molar-refractivity contribution in [2.45, 2.75) is 63.3 Å². The van der Waals surface area contributed by atoms with Gasteiger partial charge in [0, 0.05) is 22.8 Å². The number of aromatic hydroxyl groups is 1. The van der Waals surface area contributed by atoms with Crippen LogP contribution in [0.15, 0.2) is 66.3 Å². The number of carbonyl (C=O) groups is 3. The highest BCUT2D eigenvalue weighted by molar-refractivity contribution is 7.96. The van der Waals surface area contributed by atoms with Gasteiger partial charge in [0.2, 0.25) is 5.12 Å². The fourth-order valence-corrected chi connectivity index (χ4v) is 8.91. The normalized spacial score (nSPS) is 36.2. The third-order valence-electron chi connectivity index (χ3n) is 10.6. The van der Waals surface area contributed by atoms with Gasteiger partial charge in [0.05, 0.1) is 16.7 Å². The van der Waals surface area contributed by atoms with Crippen LogP contribution < -0.4 is 4.74 Å². The van der Waals surface area contributed by atoms with Gasteiger partial charge in [-0.1, -0.05) is 30.2 Å². The number of alkyl halides is 1. The molecule has 43 heavy (non-hydrogen) atoms. The van der Waals surface area contributed by atoms with Crippen LogP contribution >= 0.6 is 24.2 Å². The van der Waals surface area contributed by atoms with E-state index in [4.69, 9.17) is 21.1 Å². The van der Waals surface area contributed by atoms with E-state index in [1.54, 1.807) is 38.1 Å². The van der Waals surface area contributed by atoms with E-state index in [-0.39, 0.29) is 40.9 Å². The lowest BCUT2D eigenvalue weighted by Gasteiger charge is -2.62. The lowest BCUT2D eigenvalue weighted by atomic mass is 9.45. The topological polar surface area (TPSA) is 110 Å². The Bertz CT molecular complexity index is 1590. The van der Waals surface area contributed by atoms with Gasteiger partial charge < -0.3 is 19.7 Å². The zero-order valence-corrected chi connectivity index (χ0v) is 25.3. The number of fused-ring (bicyclic) bond motifs is 5. The third kappa shape index (κ3) is 4.30. The fraction of sp³-hybridized carbons (Fsp3) is 0.424. The molecule has 2 aromatic rings. The quantitative estimate of drug-likeness (QED) is 0.255. The van der Waals surface area contributed by atoms with Crippen molar-refractivity contribution in [3.8, 4) is 17.2 Å². The predicted molar refractivity (Wildman–Crippen MR) is 160 cm³/mol. The number of ketones is 1. The van der Waals surface area contributed by atoms with Gasteiger partial charge in [-0.3, -0.25) is 9.59 Å². The van der Waals surface area contributed by atoms with Crippen LogP contribution in [0.2, 0.25) is 5.02 Å². The number of thiol groups is 1. The summed E-state index contributed by atoms with van der Waals surface area (Å²) < 4.78 is 29.2. The van der Waals surface area contributed by atoms with E-state index >= 15 is 4.39 Å². The van der Waals surface area contributed by atoms with Crippen molar-refractivity contribution >= 4 is 41.1 Å². The van der Waals surface area contributed by atoms with Crippen molar-refractivity contribution in [3.05, 3.63) is 76.9 Å². The van der Waals surface area contributed by atoms with Crippen LogP contribution in [0.3, 0.4) is 0 Å². The minimum atomic E-state index is -2.06. The van der Waals surface area contributed by atoms with Gasteiger partial charge in [-0.25, -0.2) is 9.18 Å². The maximum atomic E-state index is 17.4. The number of esters is 1. The Balaban J connectivity index is 1.27. The molecule has 7 nitrogen and oxygen atoms in total. The number of phenolic OH excluding ortho intramolecular Hbond substituents is 1. The number of benzene rings is 2. The molecule has 0 spiro atoms. The number of aliphatic hydroxyl groups is 1. The van der Waals surface area contributed by atoms with Gasteiger partial charge in [0.15, 0.2) is 17.1 Å². The van der Waals surface area contributed by atoms with Crippen LogP contribution in [0.25, 0.3) is 0 Å². The molecule has 4 aliphatic carbocycles. The lowest BCUT2D eigenvalue weighted by Crippen LogP contribution is -2.69. The fourth-order valence-electron chi connectivity index (χ4n) is 8.32. The van der Waals surface area contributed by atoms with Crippen molar-refractivity contribution in [2.24, 2.45) is 22.7 Å². The number of rotatable bonds is 5. The van der Waals surface area contributed by atoms with Crippen molar-refractivity contribution in [1.29, 1.82) is 0 Å². The number of hydrogen-bond acceptors (Lipinski definition) is 7. The molecule has 2 N–H and O–H groups in total. The summed E-state index contributed by atoms with van der Waals surface area (Å²) >= 11 is 10.1. The molecule has 3 fully saturated rings. The third-order valence-corrected chi connectivity index (χ3v) is 11.3. The number of phenols is 1. The first-order chi connectivity index (χ1) is 20.2. The molecular formula is C33H32ClFO7S. The Labute approximate surface area is 259 Å². The lowest BCUT2D eigenvalue weighted by molar-refractivity contribution is -0.214. The largest absolute Gasteiger partial charge is 0.506 e. The van der Waals surface area contributed by atoms with E-state index in [0.29, 0.717) is 36.3 Å². The summed E-state index contributed by atoms with van der Waals surface area (Å²) in [5.41, 5.74) is -5.13. The Morgan fingerprint density at radius 2 is 1.77 bits per heavy atom. The van der Waals surface area contributed by atoms with Crippen molar-refractivity contribution in [1.82, 2.24) is 0 Å². The molecule has 2 aromatic carbocycles. The highest BCUT2D eigenvalue weighted by Crippen LogP contribution is 2.70. The average Bonchev–Trinajstić information content (AvgIpc) is 3.24. The molecule has 0 radical (unpaired) electrons. The Morgan fingerprint density at radius 1 is 1.07 bits per heavy atom. The summed E-state index contributed by atoms with van der Waals surface area (Å²) in [7, 11) is 0. The summed E-state index contributed by atoms with van der Waals surface area (Å²) in [5, 5.41) is 20.7. The summed E-state index contributed by atoms with van der Waals surface area (Å²) in [6.45, 7) is 3.53. The molecule has 0 saturated heterocycles. The van der Waals surface area contributed by atoms with Crippen LogP contribution in [0.1, 0.15) is 56.3 Å². The average molecular weight is 627 g/mol. The first kappa shape index (κ1) is 29.9. The molecule has 226 valence electrons. The SMILES string of the molecule is C[C@]12C=CC(=O)C=C1CC[C@H]1[C@@H]3CC[C@@](OC(=O)c4ccc(Oc5ccc(O)c(Cl)c5)cc4)(C(=O)S)[C@@]3(C)C[C@H](O)C12F. The monoisotopic (exact) mass is 626 g/mol. The van der Waals surface area contributed by atoms with E-state index in [1.165, 1.54) is 36.4 Å². The van der Waals surface area contributed by atoms with Gasteiger partial charge >= 0.3 is 5.97 Å². The molecule has 6 rings (SSSR count). The minimum Gasteiger partial charge on any atom is -0.506 e. The number of allylic oxidation sites excluding steroid dienone is 4. The first-order valence-electron chi connectivity index (χ1n) is 14.3. The van der Waals surface area contributed by atoms with Crippen molar-refractivity contribution in [3.63, 3.8) is 0 Å². The molecule has 0 aromatic heterocycles. The number of aliphatic hydroxyl groups excluding tert-OH is 1. The van der Waals surface area contributed by atoms with E-state index < -0.39 is 45.2 Å². The Hall–Kier alpha value is -3.14. The molecule has 0 amide bonds. The molecule has 1 unspecified atom stereocenters. The van der Waals surface area contributed by atoms with E-state index in [2.05, 4.69) is 12.6 Å². The van der Waals surface area contributed by atoms with Crippen molar-refractivity contribution in [2.75, 3.05) is 0 Å². The number of hydrogen-bond donors (Lipinski definition) is 3. The van der Waals surface area contributed by atoms with Crippen LogP contribution in [-0.2, 0) is 14.3 Å². The second kappa shape index (κ2) is 10.2. The molecule has 4 aliphatic rings. The highest BCUT2D eigenvalue weighted by Gasteiger charge is 2.75. The van der Waals surface area contributed by atoms with Crippen LogP contribution in [0.4, 0.5) is 4.39 Å². The summed E-state index contributed by atoms with van der Waals surface area (Å²) in [6, 6.07) is 10.5. The highest BCUT2D eigenvalue weighted by atomic mass is 35.5. The Morgan fingerprint density at radius 3 is 2.44 bits per heavy atom. The van der Waals surface area contributed by atoms with Gasteiger partial charge in [0.1, 0.15) is 17.2 Å². The standard InChI is InChI=1S/C33H32ClFO7S/c1-30-13-11-20(36)15-19(30)5-9-24-23-12-14-32(29(40)43,31(23,2)17-27(38)33(24,30)35)42-28(39)18-3-6-21(7-4-18)41-22-8-10-26(37)25(34)16-22/h3-4,6-8,10-11,13,15-16,23-24,27,37-38H,5,9,12,14,17H2,1-2H3,(H,40,43)/t23-,24-,27-,30-,31-,32+,33?/m0/s1. The maximum Gasteiger partial charge on any atom is 0.339 e. The zero-order chi connectivity index (χ0) is 30.9. The molecule has 0 heterocycles. The van der Waals surface area contributed by atoms with Crippen LogP contribution in [0, 0.1) is 22.7 Å². The summed E-state index contributed by atoms with van der Waals surface area (Å²) in [4.78, 5) is 38.9. The Kier molecular flexibility index (Phi) is 7.10. The zero-order valence-electron chi connectivity index (χ0n) is 23.7. The molecule has 3 saturated carbocycles. The molecule has 0 aliphatic heterocycles. The van der Waals surface area contributed by atoms with E-state index in [1.807, 2.05) is 0 Å². The molecular weight excluding hydrogens is 595 g/mol. The van der Waals surface area contributed by atoms with Gasteiger partial charge in [-0.05, 0) is 93.5 Å². The van der Waals surface area contributed by atoms with E-state index in [9.17, 15) is 24.6 Å². The predicted octanol–water partition coefficient (Wildman–Crippen LogP) is 6.56. The van der Waals surface area contributed by atoms with E-state index in [0.717, 1.165) is 0 Å². The smallest absolute Gasteiger partial charge is 0.339 e. The number of carbonyl (C=O) groups excluding carboxylic acids is 3. The van der Waals surface area contributed by atoms with Crippen molar-refractivity contribution < 1.29 is 38.5 Å². The maximum absolute atomic E-state index is 17.4. The summed E-state index contributed by atoms with van der Waals surface area (Å²) in [5.74, 6) is -1.23. The summed E-state index contributed by atoms with van der Waals surface area (Å²) in [6.07, 6.45) is 4.29. The van der Waals surface area contributed by atoms with Crippen LogP contribution in [0.5, 0.6) is 17.2 Å². The second-order valence-corrected chi connectivity index (χ2v) is 13.4. The molecule has 0 bridgehead atoms. The first-order valence-corrected chi connectivity index (χ1v) is 15.1. The van der Waals surface area contributed by atoms with Crippen LogP contribution in [-0.4, -0.2) is 44.5 Å². The molecule has 10 heteroatoms. The molecule has 7 atom stereocenters. The number of halogens is 2. The number of ether oxygens (including phenoxy) is 2. The second-order valence-electron chi connectivity index (χ2n) is 12.6.